The number of benzene rings is 3. The van der Waals surface area contributed by atoms with E-state index in [9.17, 15) is 0 Å². The summed E-state index contributed by atoms with van der Waals surface area (Å²) in [5.41, 5.74) is 6.49. The Hall–Kier alpha value is -3.70. The number of hydrogen-bond donors (Lipinski definition) is 0. The van der Waals surface area contributed by atoms with Crippen molar-refractivity contribution in [3.8, 4) is 22.8 Å². The van der Waals surface area contributed by atoms with Gasteiger partial charge in [-0.25, -0.2) is 9.97 Å². The molecular weight excluding hydrogens is 420 g/mol. The van der Waals surface area contributed by atoms with Gasteiger partial charge in [0.15, 0.2) is 0 Å². The van der Waals surface area contributed by atoms with Crippen LogP contribution in [0.2, 0.25) is 0 Å². The van der Waals surface area contributed by atoms with Gasteiger partial charge in [0, 0.05) is 30.3 Å². The Labute approximate surface area is 199 Å². The first-order valence-electron chi connectivity index (χ1n) is 12.0. The quantitative estimate of drug-likeness (QED) is 0.302. The zero-order chi connectivity index (χ0) is 22.9. The summed E-state index contributed by atoms with van der Waals surface area (Å²) < 4.78 is 8.12. The molecular formula is C29H28N4O. The Morgan fingerprint density at radius 1 is 0.853 bits per heavy atom. The summed E-state index contributed by atoms with van der Waals surface area (Å²) in [6.45, 7) is 5.04. The maximum absolute atomic E-state index is 5.82. The third-order valence-corrected chi connectivity index (χ3v) is 6.84. The van der Waals surface area contributed by atoms with Crippen LogP contribution in [0.15, 0.2) is 89.5 Å². The van der Waals surface area contributed by atoms with E-state index >= 15 is 0 Å². The molecule has 5 heteroatoms. The number of para-hydroxylation sites is 2. The fraction of sp³-hybridized carbons (Fsp3) is 0.241. The lowest BCUT2D eigenvalue weighted by Gasteiger charge is -2.18. The van der Waals surface area contributed by atoms with Gasteiger partial charge >= 0.3 is 0 Å². The van der Waals surface area contributed by atoms with E-state index in [4.69, 9.17) is 14.4 Å². The number of likely N-dealkylation sites (tertiary alicyclic amines) is 1. The topological polar surface area (TPSA) is 47.1 Å². The van der Waals surface area contributed by atoms with Crippen molar-refractivity contribution in [2.75, 3.05) is 6.54 Å². The molecule has 6 rings (SSSR count). The predicted octanol–water partition coefficient (Wildman–Crippen LogP) is 6.39. The molecule has 2 aromatic heterocycles. The van der Waals surface area contributed by atoms with Crippen LogP contribution in [0, 0.1) is 0 Å². The maximum atomic E-state index is 5.82. The van der Waals surface area contributed by atoms with Gasteiger partial charge in [-0.1, -0.05) is 54.6 Å². The molecule has 3 aromatic carbocycles. The van der Waals surface area contributed by atoms with E-state index in [1.807, 2.05) is 12.1 Å². The van der Waals surface area contributed by atoms with E-state index in [1.54, 1.807) is 6.26 Å². The molecule has 0 spiro atoms. The van der Waals surface area contributed by atoms with Crippen LogP contribution in [0.5, 0.6) is 0 Å². The van der Waals surface area contributed by atoms with Crippen LogP contribution in [0.25, 0.3) is 33.9 Å². The van der Waals surface area contributed by atoms with Crippen LogP contribution in [-0.2, 0) is 13.1 Å². The molecule has 1 atom stereocenters. The SMILES string of the molecule is C[C@H]1CCCN1Cc1coc(-c2ccc(Cn3c(-c4ccccc4)nc4ccccc43)cc2)n1. The number of hydrogen-bond acceptors (Lipinski definition) is 4. The van der Waals surface area contributed by atoms with Gasteiger partial charge in [0.25, 0.3) is 0 Å². The minimum Gasteiger partial charge on any atom is -0.444 e. The van der Waals surface area contributed by atoms with Gasteiger partial charge in [-0.3, -0.25) is 4.90 Å². The molecule has 1 aliphatic heterocycles. The van der Waals surface area contributed by atoms with Crippen molar-refractivity contribution in [2.45, 2.75) is 38.9 Å². The van der Waals surface area contributed by atoms with Crippen LogP contribution in [0.3, 0.4) is 0 Å². The lowest BCUT2D eigenvalue weighted by atomic mass is 10.1. The van der Waals surface area contributed by atoms with Crippen molar-refractivity contribution in [1.82, 2.24) is 19.4 Å². The zero-order valence-electron chi connectivity index (χ0n) is 19.4. The van der Waals surface area contributed by atoms with Crippen molar-refractivity contribution in [1.29, 1.82) is 0 Å². The number of fused-ring (bicyclic) bond motifs is 1. The lowest BCUT2D eigenvalue weighted by molar-refractivity contribution is 0.257. The average molecular weight is 449 g/mol. The summed E-state index contributed by atoms with van der Waals surface area (Å²) in [6, 6.07) is 27.8. The van der Waals surface area contributed by atoms with E-state index < -0.39 is 0 Å². The first-order valence-corrected chi connectivity index (χ1v) is 12.0. The largest absolute Gasteiger partial charge is 0.444 e. The average Bonchev–Trinajstić information content (AvgIpc) is 3.60. The summed E-state index contributed by atoms with van der Waals surface area (Å²) in [5.74, 6) is 1.67. The van der Waals surface area contributed by atoms with Crippen molar-refractivity contribution in [3.63, 3.8) is 0 Å². The molecule has 0 aliphatic carbocycles. The Kier molecular flexibility index (Phi) is 5.47. The van der Waals surface area contributed by atoms with Crippen LogP contribution < -0.4 is 0 Å². The third kappa shape index (κ3) is 4.03. The highest BCUT2D eigenvalue weighted by atomic mass is 16.3. The summed E-state index contributed by atoms with van der Waals surface area (Å²) >= 11 is 0. The molecule has 5 nitrogen and oxygen atoms in total. The summed E-state index contributed by atoms with van der Waals surface area (Å²) in [4.78, 5) is 12.2. The Morgan fingerprint density at radius 3 is 2.44 bits per heavy atom. The van der Waals surface area contributed by atoms with Gasteiger partial charge in [-0.15, -0.1) is 0 Å². The maximum Gasteiger partial charge on any atom is 0.226 e. The van der Waals surface area contributed by atoms with Gasteiger partial charge in [0.05, 0.1) is 16.7 Å². The Bertz CT molecular complexity index is 1400. The van der Waals surface area contributed by atoms with E-state index in [0.717, 1.165) is 53.3 Å². The van der Waals surface area contributed by atoms with Gasteiger partial charge < -0.3 is 8.98 Å². The monoisotopic (exact) mass is 448 g/mol. The van der Waals surface area contributed by atoms with E-state index in [2.05, 4.69) is 83.1 Å². The molecule has 1 saturated heterocycles. The van der Waals surface area contributed by atoms with Crippen LogP contribution in [-0.4, -0.2) is 32.0 Å². The second-order valence-electron chi connectivity index (χ2n) is 9.18. The number of imidazole rings is 1. The molecule has 0 bridgehead atoms. The van der Waals surface area contributed by atoms with Crippen LogP contribution in [0.1, 0.15) is 31.0 Å². The first-order chi connectivity index (χ1) is 16.7. The van der Waals surface area contributed by atoms with Crippen LogP contribution in [0.4, 0.5) is 0 Å². The molecule has 0 saturated carbocycles. The zero-order valence-corrected chi connectivity index (χ0v) is 19.4. The molecule has 1 fully saturated rings. The minimum atomic E-state index is 0.625. The molecule has 34 heavy (non-hydrogen) atoms. The highest BCUT2D eigenvalue weighted by Crippen LogP contribution is 2.27. The smallest absolute Gasteiger partial charge is 0.226 e. The number of aromatic nitrogens is 3. The van der Waals surface area contributed by atoms with Crippen LogP contribution >= 0.6 is 0 Å². The van der Waals surface area contributed by atoms with Gasteiger partial charge in [0.1, 0.15) is 12.1 Å². The predicted molar refractivity (Wildman–Crippen MR) is 135 cm³/mol. The van der Waals surface area contributed by atoms with Crippen molar-refractivity contribution in [2.24, 2.45) is 0 Å². The molecule has 1 aliphatic rings. The number of rotatable bonds is 6. The molecule has 0 N–H and O–H groups in total. The van der Waals surface area contributed by atoms with Gasteiger partial charge in [0.2, 0.25) is 5.89 Å². The lowest BCUT2D eigenvalue weighted by Crippen LogP contribution is -2.26. The molecule has 0 radical (unpaired) electrons. The fourth-order valence-electron chi connectivity index (χ4n) is 4.93. The fourth-order valence-corrected chi connectivity index (χ4v) is 4.93. The van der Waals surface area contributed by atoms with Crippen molar-refractivity contribution < 1.29 is 4.42 Å². The van der Waals surface area contributed by atoms with E-state index in [1.165, 1.54) is 18.4 Å². The van der Waals surface area contributed by atoms with Crippen molar-refractivity contribution >= 4 is 11.0 Å². The normalized spacial score (nSPS) is 16.4. The molecule has 5 aromatic rings. The standard InChI is InChI=1S/C29H28N4O/c1-21-8-7-17-32(21)19-25-20-34-29(30-25)24-15-13-22(14-16-24)18-33-27-12-6-5-11-26(27)31-28(33)23-9-3-2-4-10-23/h2-6,9-16,20-21H,7-8,17-19H2,1H3/t21-/m0/s1. The second-order valence-corrected chi connectivity index (χ2v) is 9.18. The summed E-state index contributed by atoms with van der Waals surface area (Å²) in [6.07, 6.45) is 4.34. The summed E-state index contributed by atoms with van der Waals surface area (Å²) in [7, 11) is 0. The Balaban J connectivity index is 1.25. The second kappa shape index (κ2) is 8.92. The third-order valence-electron chi connectivity index (χ3n) is 6.84. The summed E-state index contributed by atoms with van der Waals surface area (Å²) in [5, 5.41) is 0. The number of oxazole rings is 1. The van der Waals surface area contributed by atoms with Gasteiger partial charge in [-0.2, -0.15) is 0 Å². The molecule has 0 amide bonds. The highest BCUT2D eigenvalue weighted by molar-refractivity contribution is 5.80. The minimum absolute atomic E-state index is 0.625. The van der Waals surface area contributed by atoms with E-state index in [-0.39, 0.29) is 0 Å². The van der Waals surface area contributed by atoms with E-state index in [0.29, 0.717) is 11.9 Å². The Morgan fingerprint density at radius 2 is 1.65 bits per heavy atom. The van der Waals surface area contributed by atoms with Crippen molar-refractivity contribution in [3.05, 3.63) is 96.4 Å². The number of nitrogens with zero attached hydrogens (tertiary/aromatic N) is 4. The highest BCUT2D eigenvalue weighted by Gasteiger charge is 2.21. The molecule has 0 unspecified atom stereocenters. The van der Waals surface area contributed by atoms with Gasteiger partial charge in [-0.05, 0) is 56.1 Å². The molecule has 3 heterocycles. The first kappa shape index (κ1) is 20.9. The molecule has 170 valence electrons.